The van der Waals surface area contributed by atoms with Crippen LogP contribution in [0.15, 0.2) is 0 Å². The van der Waals surface area contributed by atoms with Crippen LogP contribution < -0.4 is 5.14 Å². The van der Waals surface area contributed by atoms with Crippen LogP contribution in [0.3, 0.4) is 0 Å². The lowest BCUT2D eigenvalue weighted by atomic mass is 10.2. The minimum Gasteiger partial charge on any atom is -0.194 e. The Morgan fingerprint density at radius 2 is 1.33 bits per heavy atom. The summed E-state index contributed by atoms with van der Waals surface area (Å²) in [6, 6.07) is 0. The van der Waals surface area contributed by atoms with Gasteiger partial charge in [-0.2, -0.15) is 12.7 Å². The first-order valence-electron chi connectivity index (χ1n) is 5.77. The van der Waals surface area contributed by atoms with E-state index >= 15 is 0 Å². The van der Waals surface area contributed by atoms with Gasteiger partial charge in [0.15, 0.2) is 0 Å². The zero-order chi connectivity index (χ0) is 11.7. The molecule has 0 aliphatic heterocycles. The molecule has 0 saturated carbocycles. The van der Waals surface area contributed by atoms with Gasteiger partial charge in [-0.1, -0.05) is 39.5 Å². The average Bonchev–Trinajstić information content (AvgIpc) is 2.14. The second kappa shape index (κ2) is 8.07. The average molecular weight is 235 g/mol. The van der Waals surface area contributed by atoms with Crippen molar-refractivity contribution in [3.05, 3.63) is 0 Å². The Morgan fingerprint density at radius 3 is 1.60 bits per heavy atom. The van der Waals surface area contributed by atoms with E-state index in [0.717, 1.165) is 38.5 Å². The van der Waals surface area contributed by atoms with Crippen molar-refractivity contribution in [1.82, 2.24) is 9.44 Å². The molecule has 91 valence electrons. The van der Waals surface area contributed by atoms with Crippen molar-refractivity contribution in [2.45, 2.75) is 52.4 Å². The summed E-state index contributed by atoms with van der Waals surface area (Å²) in [6.07, 6.45) is 5.92. The molecule has 0 fully saturated rings. The first-order chi connectivity index (χ1) is 7.02. The van der Waals surface area contributed by atoms with Crippen molar-refractivity contribution in [2.75, 3.05) is 13.1 Å². The molecule has 0 heterocycles. The number of rotatable bonds is 9. The zero-order valence-electron chi connectivity index (χ0n) is 9.83. The molecule has 0 aliphatic carbocycles. The van der Waals surface area contributed by atoms with E-state index in [-0.39, 0.29) is 0 Å². The van der Waals surface area contributed by atoms with Gasteiger partial charge in [0.05, 0.1) is 0 Å². The third-order valence-electron chi connectivity index (χ3n) is 2.36. The van der Waals surface area contributed by atoms with Gasteiger partial charge in [-0.3, -0.25) is 0 Å². The first kappa shape index (κ1) is 14.9. The Kier molecular flexibility index (Phi) is 8.00. The topological polar surface area (TPSA) is 61.2 Å². The fourth-order valence-corrected chi connectivity index (χ4v) is 2.17. The van der Waals surface area contributed by atoms with Crippen LogP contribution in [0, 0.1) is 0 Å². The minimum atomic E-state index is -3.74. The van der Waals surface area contributed by atoms with E-state index in [1.807, 2.05) is 0 Å². The van der Waals surface area contributed by atoms with Gasteiger partial charge in [-0.15, -0.1) is 5.14 Å². The number of hydrogen-bond donors (Lipinski definition) is 0. The molecule has 0 aliphatic rings. The SMILES string of the molecule is CCCCCN(CCCCC)S([NH])(=O)=O. The maximum absolute atomic E-state index is 11.1. The summed E-state index contributed by atoms with van der Waals surface area (Å²) in [4.78, 5) is 0. The summed E-state index contributed by atoms with van der Waals surface area (Å²) in [5, 5.41) is 7.06. The van der Waals surface area contributed by atoms with E-state index in [1.54, 1.807) is 0 Å². The molecule has 0 amide bonds. The molecule has 0 unspecified atom stereocenters. The molecular weight excluding hydrogens is 212 g/mol. The maximum atomic E-state index is 11.1. The van der Waals surface area contributed by atoms with Gasteiger partial charge in [-0.05, 0) is 12.8 Å². The Balaban J connectivity index is 3.97. The Hall–Kier alpha value is -0.130. The fourth-order valence-electron chi connectivity index (χ4n) is 1.43. The Labute approximate surface area is 94.0 Å². The molecule has 0 aromatic carbocycles. The van der Waals surface area contributed by atoms with Gasteiger partial charge in [0.1, 0.15) is 0 Å². The number of nitrogens with zero attached hydrogens (tertiary/aromatic N) is 1. The lowest BCUT2D eigenvalue weighted by molar-refractivity contribution is 0.388. The van der Waals surface area contributed by atoms with Gasteiger partial charge in [0.25, 0.3) is 10.2 Å². The second-order valence-corrected chi connectivity index (χ2v) is 5.28. The third kappa shape index (κ3) is 7.76. The van der Waals surface area contributed by atoms with E-state index in [2.05, 4.69) is 13.8 Å². The molecule has 1 N–H and O–H groups in total. The molecule has 15 heavy (non-hydrogen) atoms. The van der Waals surface area contributed by atoms with E-state index in [1.165, 1.54) is 4.31 Å². The van der Waals surface area contributed by atoms with Crippen LogP contribution in [-0.4, -0.2) is 25.8 Å². The van der Waals surface area contributed by atoms with Gasteiger partial charge in [-0.25, -0.2) is 0 Å². The summed E-state index contributed by atoms with van der Waals surface area (Å²) >= 11 is 0. The highest BCUT2D eigenvalue weighted by atomic mass is 32.2. The van der Waals surface area contributed by atoms with Crippen LogP contribution in [0.2, 0.25) is 0 Å². The van der Waals surface area contributed by atoms with Crippen molar-refractivity contribution in [2.24, 2.45) is 0 Å². The normalized spacial score (nSPS) is 12.3. The van der Waals surface area contributed by atoms with Crippen LogP contribution in [0.25, 0.3) is 0 Å². The van der Waals surface area contributed by atoms with Crippen molar-refractivity contribution >= 4 is 10.2 Å². The van der Waals surface area contributed by atoms with Gasteiger partial charge >= 0.3 is 0 Å². The fraction of sp³-hybridized carbons (Fsp3) is 1.00. The highest BCUT2D eigenvalue weighted by molar-refractivity contribution is 7.86. The molecule has 5 heteroatoms. The minimum absolute atomic E-state index is 0.503. The quantitative estimate of drug-likeness (QED) is 0.575. The second-order valence-electron chi connectivity index (χ2n) is 3.82. The van der Waals surface area contributed by atoms with Crippen molar-refractivity contribution in [3.63, 3.8) is 0 Å². The number of hydrogen-bond acceptors (Lipinski definition) is 2. The zero-order valence-corrected chi connectivity index (χ0v) is 10.6. The van der Waals surface area contributed by atoms with Gasteiger partial charge in [0.2, 0.25) is 0 Å². The molecule has 0 aromatic heterocycles. The Bertz CT molecular complexity index is 230. The smallest absolute Gasteiger partial charge is 0.194 e. The van der Waals surface area contributed by atoms with Crippen molar-refractivity contribution < 1.29 is 8.42 Å². The summed E-state index contributed by atoms with van der Waals surface area (Å²) < 4.78 is 23.5. The lowest BCUT2D eigenvalue weighted by Crippen LogP contribution is -2.33. The van der Waals surface area contributed by atoms with Crippen LogP contribution in [-0.2, 0) is 10.2 Å². The molecule has 4 nitrogen and oxygen atoms in total. The maximum Gasteiger partial charge on any atom is 0.293 e. The number of unbranched alkanes of at least 4 members (excludes halogenated alkanes) is 4. The van der Waals surface area contributed by atoms with Gasteiger partial charge < -0.3 is 0 Å². The van der Waals surface area contributed by atoms with Crippen LogP contribution in [0.5, 0.6) is 0 Å². The van der Waals surface area contributed by atoms with Crippen LogP contribution in [0.1, 0.15) is 52.4 Å². The predicted octanol–water partition coefficient (Wildman–Crippen LogP) is 2.20. The standard InChI is InChI=1S/C10H23N2O2S/c1-3-5-7-9-12(15(11,13)14)10-8-6-4-2/h11H,3-10H2,1-2H3. The monoisotopic (exact) mass is 235 g/mol. The molecule has 0 bridgehead atoms. The molecule has 0 saturated heterocycles. The summed E-state index contributed by atoms with van der Waals surface area (Å²) in [5.41, 5.74) is 0. The largest absolute Gasteiger partial charge is 0.293 e. The van der Waals surface area contributed by atoms with Gasteiger partial charge in [0, 0.05) is 13.1 Å². The highest BCUT2D eigenvalue weighted by Gasteiger charge is 2.16. The van der Waals surface area contributed by atoms with E-state index in [0.29, 0.717) is 13.1 Å². The summed E-state index contributed by atoms with van der Waals surface area (Å²) in [6.45, 7) is 5.17. The van der Waals surface area contributed by atoms with Crippen LogP contribution in [0.4, 0.5) is 0 Å². The molecule has 1 radical (unpaired) electrons. The van der Waals surface area contributed by atoms with E-state index < -0.39 is 10.2 Å². The molecule has 0 aromatic rings. The Morgan fingerprint density at radius 1 is 0.933 bits per heavy atom. The molecule has 0 atom stereocenters. The molecule has 0 spiro atoms. The summed E-state index contributed by atoms with van der Waals surface area (Å²) in [5.74, 6) is 0. The number of nitrogens with one attached hydrogen (secondary N) is 1. The first-order valence-corrected chi connectivity index (χ1v) is 7.21. The summed E-state index contributed by atoms with van der Waals surface area (Å²) in [7, 11) is -3.74. The molecular formula is C10H23N2O2S. The third-order valence-corrected chi connectivity index (χ3v) is 3.41. The molecule has 0 rings (SSSR count). The lowest BCUT2D eigenvalue weighted by Gasteiger charge is -2.18. The van der Waals surface area contributed by atoms with E-state index in [9.17, 15) is 8.42 Å². The van der Waals surface area contributed by atoms with Crippen LogP contribution >= 0.6 is 0 Å². The van der Waals surface area contributed by atoms with E-state index in [4.69, 9.17) is 5.14 Å². The predicted molar refractivity (Wildman–Crippen MR) is 62.6 cm³/mol. The highest BCUT2D eigenvalue weighted by Crippen LogP contribution is 2.05. The van der Waals surface area contributed by atoms with Crippen molar-refractivity contribution in [1.29, 1.82) is 0 Å². The van der Waals surface area contributed by atoms with Crippen molar-refractivity contribution in [3.8, 4) is 0 Å².